The van der Waals surface area contributed by atoms with Crippen LogP contribution in [0.2, 0.25) is 10.0 Å². The van der Waals surface area contributed by atoms with Crippen molar-refractivity contribution < 1.29 is 0 Å². The van der Waals surface area contributed by atoms with Gasteiger partial charge >= 0.3 is 0 Å². The van der Waals surface area contributed by atoms with E-state index in [-0.39, 0.29) is 0 Å². The Bertz CT molecular complexity index is 502. The van der Waals surface area contributed by atoms with Crippen molar-refractivity contribution in [2.24, 2.45) is 5.73 Å². The molecule has 0 saturated carbocycles. The number of nitrogens with zero attached hydrogens (tertiary/aromatic N) is 1. The lowest BCUT2D eigenvalue weighted by atomic mass is 10.1. The lowest BCUT2D eigenvalue weighted by molar-refractivity contribution is 1.04. The highest BCUT2D eigenvalue weighted by Gasteiger charge is 2.10. The van der Waals surface area contributed by atoms with E-state index in [0.29, 0.717) is 16.6 Å². The first-order chi connectivity index (χ1) is 7.60. The van der Waals surface area contributed by atoms with Crippen molar-refractivity contribution >= 4 is 34.5 Å². The van der Waals surface area contributed by atoms with E-state index in [1.165, 1.54) is 0 Å². The summed E-state index contributed by atoms with van der Waals surface area (Å²) >= 11 is 13.5. The van der Waals surface area contributed by atoms with Gasteiger partial charge in [-0.05, 0) is 25.1 Å². The number of rotatable bonds is 2. The maximum absolute atomic E-state index is 5.96. The van der Waals surface area contributed by atoms with E-state index in [4.69, 9.17) is 28.9 Å². The zero-order valence-electron chi connectivity index (χ0n) is 8.63. The summed E-state index contributed by atoms with van der Waals surface area (Å²) in [6, 6.07) is 5.42. The van der Waals surface area contributed by atoms with Crippen LogP contribution in [0, 0.1) is 6.92 Å². The Labute approximate surface area is 108 Å². The Hall–Kier alpha value is -0.610. The van der Waals surface area contributed by atoms with E-state index in [0.717, 1.165) is 21.1 Å². The number of hydrogen-bond acceptors (Lipinski definition) is 3. The molecule has 0 radical (unpaired) electrons. The Kier molecular flexibility index (Phi) is 3.50. The lowest BCUT2D eigenvalue weighted by Crippen LogP contribution is -1.94. The minimum absolute atomic E-state index is 0.458. The Morgan fingerprint density at radius 1 is 1.25 bits per heavy atom. The van der Waals surface area contributed by atoms with Crippen molar-refractivity contribution in [2.75, 3.05) is 0 Å². The molecule has 5 heteroatoms. The van der Waals surface area contributed by atoms with Crippen molar-refractivity contribution in [2.45, 2.75) is 13.5 Å². The molecule has 2 rings (SSSR count). The minimum Gasteiger partial charge on any atom is -0.325 e. The van der Waals surface area contributed by atoms with Gasteiger partial charge in [0.1, 0.15) is 5.01 Å². The van der Waals surface area contributed by atoms with Gasteiger partial charge in [-0.2, -0.15) is 0 Å². The standard InChI is InChI=1S/C11H10Cl2N2S/c1-6-11(15-10(5-14)16-6)7-2-8(12)4-9(13)3-7/h2-4H,5,14H2,1H3. The summed E-state index contributed by atoms with van der Waals surface area (Å²) in [4.78, 5) is 5.58. The fraction of sp³-hybridized carbons (Fsp3) is 0.182. The first-order valence-corrected chi connectivity index (χ1v) is 6.30. The van der Waals surface area contributed by atoms with Crippen LogP contribution in [0.15, 0.2) is 18.2 Å². The number of halogens is 2. The lowest BCUT2D eigenvalue weighted by Gasteiger charge is -2.01. The van der Waals surface area contributed by atoms with E-state index < -0.39 is 0 Å². The quantitative estimate of drug-likeness (QED) is 0.901. The van der Waals surface area contributed by atoms with Crippen LogP contribution >= 0.6 is 34.5 Å². The van der Waals surface area contributed by atoms with Crippen molar-refractivity contribution in [3.05, 3.63) is 38.1 Å². The average molecular weight is 273 g/mol. The van der Waals surface area contributed by atoms with Crippen LogP contribution in [0.3, 0.4) is 0 Å². The molecule has 0 fully saturated rings. The van der Waals surface area contributed by atoms with E-state index in [2.05, 4.69) is 4.98 Å². The predicted octanol–water partition coefficient (Wildman–Crippen LogP) is 3.88. The predicted molar refractivity (Wildman–Crippen MR) is 70.2 cm³/mol. The highest BCUT2D eigenvalue weighted by molar-refractivity contribution is 7.12. The normalized spacial score (nSPS) is 10.8. The number of nitrogens with two attached hydrogens (primary N) is 1. The number of thiazole rings is 1. The molecule has 1 heterocycles. The molecule has 0 bridgehead atoms. The van der Waals surface area contributed by atoms with Gasteiger partial charge in [0.2, 0.25) is 0 Å². The summed E-state index contributed by atoms with van der Waals surface area (Å²) in [6.07, 6.45) is 0. The molecule has 0 aliphatic carbocycles. The van der Waals surface area contributed by atoms with Gasteiger partial charge in [-0.3, -0.25) is 0 Å². The molecule has 0 amide bonds. The molecule has 0 aliphatic rings. The van der Waals surface area contributed by atoms with Crippen LogP contribution in [0.1, 0.15) is 9.88 Å². The minimum atomic E-state index is 0.458. The third-order valence-corrected chi connectivity index (χ3v) is 3.58. The van der Waals surface area contributed by atoms with Gasteiger partial charge < -0.3 is 5.73 Å². The van der Waals surface area contributed by atoms with Crippen LogP contribution in [-0.2, 0) is 6.54 Å². The molecule has 0 unspecified atom stereocenters. The summed E-state index contributed by atoms with van der Waals surface area (Å²) in [5.41, 5.74) is 7.41. The van der Waals surface area contributed by atoms with E-state index in [1.54, 1.807) is 17.4 Å². The second-order valence-electron chi connectivity index (χ2n) is 3.37. The number of aryl methyl sites for hydroxylation is 1. The van der Waals surface area contributed by atoms with Gasteiger partial charge in [0.15, 0.2) is 0 Å². The van der Waals surface area contributed by atoms with Crippen molar-refractivity contribution in [1.29, 1.82) is 0 Å². The zero-order chi connectivity index (χ0) is 11.7. The molecule has 2 aromatic rings. The van der Waals surface area contributed by atoms with Crippen LogP contribution in [-0.4, -0.2) is 4.98 Å². The average Bonchev–Trinajstić information content (AvgIpc) is 2.58. The van der Waals surface area contributed by atoms with Crippen LogP contribution in [0.4, 0.5) is 0 Å². The first kappa shape index (κ1) is 11.9. The number of benzene rings is 1. The van der Waals surface area contributed by atoms with E-state index in [9.17, 15) is 0 Å². The molecule has 16 heavy (non-hydrogen) atoms. The number of aromatic nitrogens is 1. The van der Waals surface area contributed by atoms with E-state index in [1.807, 2.05) is 19.1 Å². The second-order valence-corrected chi connectivity index (χ2v) is 5.54. The van der Waals surface area contributed by atoms with Gasteiger partial charge in [0.25, 0.3) is 0 Å². The molecular weight excluding hydrogens is 263 g/mol. The SMILES string of the molecule is Cc1sc(CN)nc1-c1cc(Cl)cc(Cl)c1. The third kappa shape index (κ3) is 2.38. The van der Waals surface area contributed by atoms with Crippen LogP contribution < -0.4 is 5.73 Å². The van der Waals surface area contributed by atoms with E-state index >= 15 is 0 Å². The second kappa shape index (κ2) is 4.72. The highest BCUT2D eigenvalue weighted by atomic mass is 35.5. The van der Waals surface area contributed by atoms with Crippen molar-refractivity contribution in [3.8, 4) is 11.3 Å². The fourth-order valence-electron chi connectivity index (χ4n) is 1.50. The molecule has 2 nitrogen and oxygen atoms in total. The molecule has 0 saturated heterocycles. The largest absolute Gasteiger partial charge is 0.325 e. The van der Waals surface area contributed by atoms with Gasteiger partial charge in [0.05, 0.1) is 5.69 Å². The first-order valence-electron chi connectivity index (χ1n) is 4.73. The monoisotopic (exact) mass is 272 g/mol. The Morgan fingerprint density at radius 3 is 2.38 bits per heavy atom. The Morgan fingerprint density at radius 2 is 1.88 bits per heavy atom. The van der Waals surface area contributed by atoms with Gasteiger partial charge in [-0.25, -0.2) is 4.98 Å². The molecule has 0 spiro atoms. The van der Waals surface area contributed by atoms with Crippen molar-refractivity contribution in [3.63, 3.8) is 0 Å². The van der Waals surface area contributed by atoms with Gasteiger partial charge in [-0.1, -0.05) is 23.2 Å². The zero-order valence-corrected chi connectivity index (χ0v) is 11.0. The summed E-state index contributed by atoms with van der Waals surface area (Å²) in [5.74, 6) is 0. The molecule has 0 aliphatic heterocycles. The molecule has 84 valence electrons. The summed E-state index contributed by atoms with van der Waals surface area (Å²) in [7, 11) is 0. The fourth-order valence-corrected chi connectivity index (χ4v) is 2.86. The molecule has 2 N–H and O–H groups in total. The topological polar surface area (TPSA) is 38.9 Å². The van der Waals surface area contributed by atoms with Crippen LogP contribution in [0.5, 0.6) is 0 Å². The Balaban J connectivity index is 2.53. The molecule has 1 aromatic carbocycles. The summed E-state index contributed by atoms with van der Waals surface area (Å²) in [6.45, 7) is 2.47. The highest BCUT2D eigenvalue weighted by Crippen LogP contribution is 2.31. The van der Waals surface area contributed by atoms with Crippen molar-refractivity contribution in [1.82, 2.24) is 4.98 Å². The maximum Gasteiger partial charge on any atom is 0.107 e. The van der Waals surface area contributed by atoms with Gasteiger partial charge in [-0.15, -0.1) is 11.3 Å². The summed E-state index contributed by atoms with van der Waals surface area (Å²) in [5, 5.41) is 2.15. The van der Waals surface area contributed by atoms with Crippen LogP contribution in [0.25, 0.3) is 11.3 Å². The third-order valence-electron chi connectivity index (χ3n) is 2.15. The smallest absolute Gasteiger partial charge is 0.107 e. The summed E-state index contributed by atoms with van der Waals surface area (Å²) < 4.78 is 0. The number of hydrogen-bond donors (Lipinski definition) is 1. The molecule has 1 aromatic heterocycles. The maximum atomic E-state index is 5.96. The molecular formula is C11H10Cl2N2S. The van der Waals surface area contributed by atoms with Gasteiger partial charge in [0, 0.05) is 27.0 Å². The molecule has 0 atom stereocenters.